The molecule has 3 heterocycles. The van der Waals surface area contributed by atoms with E-state index < -0.39 is 0 Å². The summed E-state index contributed by atoms with van der Waals surface area (Å²) in [5, 5.41) is 4.49. The fourth-order valence-electron chi connectivity index (χ4n) is 4.38. The maximum atomic E-state index is 13.7. The van der Waals surface area contributed by atoms with Crippen molar-refractivity contribution >= 4 is 34.7 Å². The molecule has 2 atom stereocenters. The molecule has 4 rings (SSSR count). The molecule has 0 radical (unpaired) electrons. The van der Waals surface area contributed by atoms with Gasteiger partial charge in [-0.15, -0.1) is 0 Å². The molecule has 1 N–H and O–H groups in total. The van der Waals surface area contributed by atoms with Crippen LogP contribution < -0.4 is 15.8 Å². The molecule has 1 fully saturated rings. The number of halogens is 2. The van der Waals surface area contributed by atoms with Gasteiger partial charge in [0.15, 0.2) is 0 Å². The first kappa shape index (κ1) is 24.5. The summed E-state index contributed by atoms with van der Waals surface area (Å²) < 4.78 is 7.69. The lowest BCUT2D eigenvalue weighted by atomic mass is 10.1. The summed E-state index contributed by atoms with van der Waals surface area (Å²) in [6.45, 7) is 8.30. The van der Waals surface area contributed by atoms with Crippen LogP contribution in [-0.2, 0) is 17.7 Å². The highest BCUT2D eigenvalue weighted by atomic mass is 35.5. The maximum absolute atomic E-state index is 13.7. The van der Waals surface area contributed by atoms with Crippen LogP contribution in [0.5, 0.6) is 0 Å². The number of hydrogen-bond acceptors (Lipinski definition) is 6. The molecule has 0 bridgehead atoms. The standard InChI is InChI=1S/C25H29Cl2N5O2/c1-4-19-23(25(33)32(5-2)24(30-19)17-11-10-16(26)13-18(17)27)29-20-14-31(15-21(20)34-6-3)22-9-7-8-12-28-22/h7-13,20-21,29H,4-6,14-15H2,1-3H3/t20?,21-/m0/s1. The topological polar surface area (TPSA) is 72.3 Å². The molecule has 0 amide bonds. The van der Waals surface area contributed by atoms with Gasteiger partial charge in [-0.2, -0.15) is 0 Å². The molecule has 180 valence electrons. The van der Waals surface area contributed by atoms with E-state index in [1.54, 1.807) is 29.0 Å². The van der Waals surface area contributed by atoms with Crippen molar-refractivity contribution in [3.8, 4) is 11.4 Å². The first-order valence-electron chi connectivity index (χ1n) is 11.6. The molecule has 34 heavy (non-hydrogen) atoms. The molecule has 2 aromatic heterocycles. The molecule has 0 spiro atoms. The number of nitrogens with one attached hydrogen (secondary N) is 1. The van der Waals surface area contributed by atoms with Gasteiger partial charge in [0.2, 0.25) is 0 Å². The van der Waals surface area contributed by atoms with Gasteiger partial charge >= 0.3 is 0 Å². The van der Waals surface area contributed by atoms with Crippen LogP contribution in [0.15, 0.2) is 47.4 Å². The van der Waals surface area contributed by atoms with Crippen LogP contribution in [0.2, 0.25) is 10.0 Å². The zero-order valence-electron chi connectivity index (χ0n) is 19.6. The minimum Gasteiger partial charge on any atom is -0.374 e. The first-order chi connectivity index (χ1) is 16.5. The average molecular weight is 502 g/mol. The second-order valence-electron chi connectivity index (χ2n) is 8.12. The number of ether oxygens (including phenoxy) is 1. The van der Waals surface area contributed by atoms with Crippen LogP contribution in [0, 0.1) is 0 Å². The minimum absolute atomic E-state index is 0.0861. The number of nitrogens with zero attached hydrogens (tertiary/aromatic N) is 4. The van der Waals surface area contributed by atoms with Crippen molar-refractivity contribution in [2.24, 2.45) is 0 Å². The first-order valence-corrected chi connectivity index (χ1v) is 12.4. The molecule has 1 aliphatic heterocycles. The molecule has 0 aliphatic carbocycles. The van der Waals surface area contributed by atoms with E-state index in [1.165, 1.54) is 0 Å². The van der Waals surface area contributed by atoms with Gasteiger partial charge in [-0.05, 0) is 50.6 Å². The molecule has 3 aromatic rings. The number of rotatable bonds is 8. The predicted molar refractivity (Wildman–Crippen MR) is 138 cm³/mol. The molecule has 9 heteroatoms. The van der Waals surface area contributed by atoms with Crippen LogP contribution in [-0.4, -0.2) is 46.4 Å². The van der Waals surface area contributed by atoms with Gasteiger partial charge in [-0.1, -0.05) is 36.2 Å². The SMILES string of the molecule is CCO[C@H]1CN(c2ccccn2)CC1Nc1c(CC)nc(-c2ccc(Cl)cc2Cl)n(CC)c1=O. The van der Waals surface area contributed by atoms with Gasteiger partial charge in [-0.3, -0.25) is 9.36 Å². The fourth-order valence-corrected chi connectivity index (χ4v) is 4.87. The van der Waals surface area contributed by atoms with Gasteiger partial charge in [0.05, 0.1) is 22.9 Å². The fraction of sp³-hybridized carbons (Fsp3) is 0.400. The quantitative estimate of drug-likeness (QED) is 0.473. The molecule has 0 saturated carbocycles. The molecule has 7 nitrogen and oxygen atoms in total. The summed E-state index contributed by atoms with van der Waals surface area (Å²) in [7, 11) is 0. The van der Waals surface area contributed by atoms with Crippen LogP contribution in [0.4, 0.5) is 11.5 Å². The lowest BCUT2D eigenvalue weighted by Gasteiger charge is -2.23. The van der Waals surface area contributed by atoms with Gasteiger partial charge in [0.1, 0.15) is 17.3 Å². The largest absolute Gasteiger partial charge is 0.374 e. The Morgan fingerprint density at radius 3 is 2.62 bits per heavy atom. The van der Waals surface area contributed by atoms with E-state index in [9.17, 15) is 4.79 Å². The Bertz CT molecular complexity index is 1200. The third-order valence-electron chi connectivity index (χ3n) is 6.02. The number of aryl methyl sites for hydroxylation is 1. The minimum atomic E-state index is -0.123. The number of pyridine rings is 1. The predicted octanol–water partition coefficient (Wildman–Crippen LogP) is 4.90. The lowest BCUT2D eigenvalue weighted by Crippen LogP contribution is -2.38. The zero-order chi connectivity index (χ0) is 24.2. The third kappa shape index (κ3) is 4.92. The van der Waals surface area contributed by atoms with Crippen molar-refractivity contribution in [2.45, 2.75) is 45.9 Å². The third-order valence-corrected chi connectivity index (χ3v) is 6.57. The lowest BCUT2D eigenvalue weighted by molar-refractivity contribution is 0.0719. The van der Waals surface area contributed by atoms with Crippen molar-refractivity contribution in [3.05, 3.63) is 68.7 Å². The van der Waals surface area contributed by atoms with E-state index in [0.717, 1.165) is 5.82 Å². The van der Waals surface area contributed by atoms with E-state index >= 15 is 0 Å². The Morgan fingerprint density at radius 2 is 1.97 bits per heavy atom. The molecule has 1 aromatic carbocycles. The summed E-state index contributed by atoms with van der Waals surface area (Å²) in [6, 6.07) is 11.0. The van der Waals surface area contributed by atoms with Crippen molar-refractivity contribution in [1.82, 2.24) is 14.5 Å². The maximum Gasteiger partial charge on any atom is 0.277 e. The molecular formula is C25H29Cl2N5O2. The van der Waals surface area contributed by atoms with Crippen molar-refractivity contribution in [1.29, 1.82) is 0 Å². The molecule has 1 aliphatic rings. The molecular weight excluding hydrogens is 473 g/mol. The molecule has 1 saturated heterocycles. The summed E-state index contributed by atoms with van der Waals surface area (Å²) in [5.74, 6) is 1.43. The summed E-state index contributed by atoms with van der Waals surface area (Å²) >= 11 is 12.5. The Hall–Kier alpha value is -2.61. The van der Waals surface area contributed by atoms with Crippen LogP contribution in [0.25, 0.3) is 11.4 Å². The van der Waals surface area contributed by atoms with E-state index in [0.29, 0.717) is 65.5 Å². The average Bonchev–Trinajstić information content (AvgIpc) is 3.23. The summed E-state index contributed by atoms with van der Waals surface area (Å²) in [4.78, 5) is 25.2. The highest BCUT2D eigenvalue weighted by Crippen LogP contribution is 2.30. The van der Waals surface area contributed by atoms with E-state index in [4.69, 9.17) is 32.9 Å². The Balaban J connectivity index is 1.72. The smallest absolute Gasteiger partial charge is 0.277 e. The van der Waals surface area contributed by atoms with Gasteiger partial charge < -0.3 is 15.0 Å². The molecule has 1 unspecified atom stereocenters. The zero-order valence-corrected chi connectivity index (χ0v) is 21.1. The van der Waals surface area contributed by atoms with Crippen LogP contribution in [0.3, 0.4) is 0 Å². The van der Waals surface area contributed by atoms with E-state index in [1.807, 2.05) is 39.0 Å². The van der Waals surface area contributed by atoms with E-state index in [-0.39, 0.29) is 17.7 Å². The Labute approximate surface area is 209 Å². The Morgan fingerprint density at radius 1 is 1.15 bits per heavy atom. The second-order valence-corrected chi connectivity index (χ2v) is 8.97. The van der Waals surface area contributed by atoms with Crippen LogP contribution in [0.1, 0.15) is 26.5 Å². The second kappa shape index (κ2) is 10.8. The Kier molecular flexibility index (Phi) is 7.76. The highest BCUT2D eigenvalue weighted by Gasteiger charge is 2.35. The monoisotopic (exact) mass is 501 g/mol. The van der Waals surface area contributed by atoms with Crippen molar-refractivity contribution < 1.29 is 4.74 Å². The van der Waals surface area contributed by atoms with E-state index in [2.05, 4.69) is 15.2 Å². The summed E-state index contributed by atoms with van der Waals surface area (Å²) in [6.07, 6.45) is 2.29. The number of benzene rings is 1. The number of anilines is 2. The van der Waals surface area contributed by atoms with Gasteiger partial charge in [0.25, 0.3) is 5.56 Å². The van der Waals surface area contributed by atoms with Gasteiger partial charge in [0, 0.05) is 43.0 Å². The number of hydrogen-bond donors (Lipinski definition) is 1. The highest BCUT2D eigenvalue weighted by molar-refractivity contribution is 6.36. The summed E-state index contributed by atoms with van der Waals surface area (Å²) in [5.41, 5.74) is 1.76. The van der Waals surface area contributed by atoms with Crippen molar-refractivity contribution in [2.75, 3.05) is 29.9 Å². The van der Waals surface area contributed by atoms with Crippen LogP contribution >= 0.6 is 23.2 Å². The van der Waals surface area contributed by atoms with Gasteiger partial charge in [-0.25, -0.2) is 9.97 Å². The number of aromatic nitrogens is 3. The normalized spacial score (nSPS) is 17.9. The van der Waals surface area contributed by atoms with Crippen molar-refractivity contribution in [3.63, 3.8) is 0 Å².